The first kappa shape index (κ1) is 19.7. The van der Waals surface area contributed by atoms with E-state index in [1.165, 1.54) is 38.5 Å². The number of nitrogens with one attached hydrogen (secondary N) is 1. The summed E-state index contributed by atoms with van der Waals surface area (Å²) in [6.07, 6.45) is 11.2. The van der Waals surface area contributed by atoms with E-state index in [9.17, 15) is 0 Å². The molecule has 0 amide bonds. The van der Waals surface area contributed by atoms with E-state index in [0.29, 0.717) is 5.16 Å². The average molecular weight is 391 g/mol. The number of allylic oxidation sites excluding steroid dienone is 2. The van der Waals surface area contributed by atoms with E-state index in [1.54, 1.807) is 5.01 Å². The van der Waals surface area contributed by atoms with Crippen LogP contribution in [0.25, 0.3) is 0 Å². The SMILES string of the molecule is CC.CNN1C(Cl)=CC(CCC2CCCCC2)=N/C1=C(/C)Br. The number of nitrogens with zero attached hydrogens (tertiary/aromatic N) is 2. The summed E-state index contributed by atoms with van der Waals surface area (Å²) in [6, 6.07) is 0. The van der Waals surface area contributed by atoms with Gasteiger partial charge in [0.15, 0.2) is 5.82 Å². The number of hydrogen-bond acceptors (Lipinski definition) is 3. The maximum atomic E-state index is 6.33. The fourth-order valence-electron chi connectivity index (χ4n) is 2.92. The molecule has 1 saturated carbocycles. The van der Waals surface area contributed by atoms with Crippen molar-refractivity contribution in [1.82, 2.24) is 10.4 Å². The van der Waals surface area contributed by atoms with Crippen molar-refractivity contribution in [3.05, 3.63) is 21.5 Å². The minimum Gasteiger partial charge on any atom is -0.248 e. The monoisotopic (exact) mass is 389 g/mol. The van der Waals surface area contributed by atoms with Gasteiger partial charge in [0, 0.05) is 17.2 Å². The molecule has 0 unspecified atom stereocenters. The van der Waals surface area contributed by atoms with E-state index in [0.717, 1.165) is 28.4 Å². The van der Waals surface area contributed by atoms with Crippen LogP contribution in [0.2, 0.25) is 0 Å². The molecule has 0 saturated heterocycles. The first-order chi connectivity index (χ1) is 10.6. The molecule has 1 heterocycles. The molecule has 0 aromatic carbocycles. The Hall–Kier alpha value is -0.320. The van der Waals surface area contributed by atoms with Crippen molar-refractivity contribution in [2.75, 3.05) is 7.05 Å². The van der Waals surface area contributed by atoms with Crippen molar-refractivity contribution in [2.45, 2.75) is 65.7 Å². The van der Waals surface area contributed by atoms with Crippen LogP contribution in [0, 0.1) is 5.92 Å². The molecule has 1 N–H and O–H groups in total. The Morgan fingerprint density at radius 3 is 2.55 bits per heavy atom. The predicted octanol–water partition coefficient (Wildman–Crippen LogP) is 5.93. The topological polar surface area (TPSA) is 27.6 Å². The van der Waals surface area contributed by atoms with Crippen molar-refractivity contribution in [3.63, 3.8) is 0 Å². The maximum Gasteiger partial charge on any atom is 0.158 e. The van der Waals surface area contributed by atoms with Gasteiger partial charge in [-0.15, -0.1) is 0 Å². The molecule has 2 aliphatic rings. The molecule has 1 aliphatic heterocycles. The van der Waals surface area contributed by atoms with Crippen LogP contribution in [0.4, 0.5) is 0 Å². The third-order valence-corrected chi connectivity index (χ3v) is 4.66. The van der Waals surface area contributed by atoms with Gasteiger partial charge in [0.2, 0.25) is 0 Å². The highest BCUT2D eigenvalue weighted by Gasteiger charge is 2.20. The van der Waals surface area contributed by atoms with Crippen molar-refractivity contribution < 1.29 is 0 Å². The molecule has 0 radical (unpaired) electrons. The lowest BCUT2D eigenvalue weighted by Gasteiger charge is -2.28. The molecule has 5 heteroatoms. The van der Waals surface area contributed by atoms with Gasteiger partial charge in [0.1, 0.15) is 5.16 Å². The summed E-state index contributed by atoms with van der Waals surface area (Å²) in [7, 11) is 1.84. The molecule has 0 bridgehead atoms. The van der Waals surface area contributed by atoms with Gasteiger partial charge in [-0.3, -0.25) is 0 Å². The zero-order chi connectivity index (χ0) is 16.5. The molecular formula is C17H29BrClN3. The highest BCUT2D eigenvalue weighted by Crippen LogP contribution is 2.30. The van der Waals surface area contributed by atoms with Crippen LogP contribution in [0.1, 0.15) is 65.7 Å². The van der Waals surface area contributed by atoms with Crippen LogP contribution in [0.15, 0.2) is 26.5 Å². The Balaban J connectivity index is 0.00000116. The van der Waals surface area contributed by atoms with Crippen LogP contribution >= 0.6 is 27.5 Å². The van der Waals surface area contributed by atoms with Crippen LogP contribution in [0.5, 0.6) is 0 Å². The summed E-state index contributed by atoms with van der Waals surface area (Å²) in [5.74, 6) is 1.72. The normalized spacial score (nSPS) is 21.6. The molecule has 3 nitrogen and oxygen atoms in total. The number of hydrazine groups is 1. The van der Waals surface area contributed by atoms with Gasteiger partial charge in [0.25, 0.3) is 0 Å². The molecule has 0 spiro atoms. The lowest BCUT2D eigenvalue weighted by atomic mass is 9.85. The van der Waals surface area contributed by atoms with E-state index in [-0.39, 0.29) is 0 Å². The Morgan fingerprint density at radius 1 is 1.36 bits per heavy atom. The van der Waals surface area contributed by atoms with Gasteiger partial charge in [-0.2, -0.15) is 0 Å². The van der Waals surface area contributed by atoms with Crippen molar-refractivity contribution in [3.8, 4) is 0 Å². The number of aliphatic imine (C=N–C) groups is 1. The highest BCUT2D eigenvalue weighted by atomic mass is 79.9. The Kier molecular flexibility index (Phi) is 9.37. The van der Waals surface area contributed by atoms with Gasteiger partial charge >= 0.3 is 0 Å². The van der Waals surface area contributed by atoms with Crippen molar-refractivity contribution in [1.29, 1.82) is 0 Å². The van der Waals surface area contributed by atoms with Gasteiger partial charge in [0.05, 0.1) is 0 Å². The molecule has 2 rings (SSSR count). The number of rotatable bonds is 4. The van der Waals surface area contributed by atoms with Gasteiger partial charge < -0.3 is 0 Å². The Labute approximate surface area is 149 Å². The van der Waals surface area contributed by atoms with Crippen LogP contribution in [0.3, 0.4) is 0 Å². The van der Waals surface area contributed by atoms with Crippen molar-refractivity contribution >= 4 is 33.2 Å². The largest absolute Gasteiger partial charge is 0.248 e. The lowest BCUT2D eigenvalue weighted by molar-refractivity contribution is 0.341. The van der Waals surface area contributed by atoms with Crippen molar-refractivity contribution in [2.24, 2.45) is 10.9 Å². The summed E-state index contributed by atoms with van der Waals surface area (Å²) in [5, 5.41) is 2.46. The van der Waals surface area contributed by atoms with E-state index in [1.807, 2.05) is 33.9 Å². The molecule has 126 valence electrons. The molecule has 1 fully saturated rings. The quantitative estimate of drug-likeness (QED) is 0.602. The second kappa shape index (κ2) is 10.5. The summed E-state index contributed by atoms with van der Waals surface area (Å²) < 4.78 is 0.980. The molecule has 0 atom stereocenters. The van der Waals surface area contributed by atoms with Crippen LogP contribution in [-0.2, 0) is 0 Å². The van der Waals surface area contributed by atoms with Crippen LogP contribution in [-0.4, -0.2) is 17.8 Å². The molecule has 1 aliphatic carbocycles. The summed E-state index contributed by atoms with van der Waals surface area (Å²) in [5.41, 5.74) is 4.13. The second-order valence-corrected chi connectivity index (χ2v) is 7.11. The smallest absolute Gasteiger partial charge is 0.158 e. The third kappa shape index (κ3) is 5.71. The standard InChI is InChI=1S/C15H23BrClN3.C2H6/c1-11(16)15-19-13(10-14(17)20(15)18-2)9-8-12-6-4-3-5-7-12;1-2/h10,12,18H,3-9H2,1-2H3;1-2H3/b15-11+;. The second-order valence-electron chi connectivity index (χ2n) is 5.53. The highest BCUT2D eigenvalue weighted by molar-refractivity contribution is 9.11. The van der Waals surface area contributed by atoms with E-state index in [2.05, 4.69) is 21.4 Å². The first-order valence-corrected chi connectivity index (χ1v) is 9.57. The molecular weight excluding hydrogens is 362 g/mol. The average Bonchev–Trinajstić information content (AvgIpc) is 2.55. The number of halogens is 2. The zero-order valence-electron chi connectivity index (χ0n) is 14.3. The minimum atomic E-state index is 0.676. The lowest BCUT2D eigenvalue weighted by Crippen LogP contribution is -2.34. The predicted molar refractivity (Wildman–Crippen MR) is 101 cm³/mol. The molecule has 0 aromatic heterocycles. The summed E-state index contributed by atoms with van der Waals surface area (Å²) in [4.78, 5) is 4.72. The summed E-state index contributed by atoms with van der Waals surface area (Å²) in [6.45, 7) is 5.98. The van der Waals surface area contributed by atoms with Crippen LogP contribution < -0.4 is 5.43 Å². The molecule has 22 heavy (non-hydrogen) atoms. The third-order valence-electron chi connectivity index (χ3n) is 4.03. The Morgan fingerprint density at radius 2 is 2.00 bits per heavy atom. The van der Waals surface area contributed by atoms with Gasteiger partial charge in [-0.25, -0.2) is 15.4 Å². The summed E-state index contributed by atoms with van der Waals surface area (Å²) >= 11 is 9.83. The first-order valence-electron chi connectivity index (χ1n) is 8.40. The van der Waals surface area contributed by atoms with Gasteiger partial charge in [-0.1, -0.05) is 73.5 Å². The molecule has 0 aromatic rings. The maximum absolute atomic E-state index is 6.33. The minimum absolute atomic E-state index is 0.676. The van der Waals surface area contributed by atoms with E-state index >= 15 is 0 Å². The van der Waals surface area contributed by atoms with E-state index < -0.39 is 0 Å². The number of hydrogen-bond donors (Lipinski definition) is 1. The van der Waals surface area contributed by atoms with Gasteiger partial charge in [-0.05, 0) is 31.8 Å². The fourth-order valence-corrected chi connectivity index (χ4v) is 3.48. The van der Waals surface area contributed by atoms with E-state index in [4.69, 9.17) is 16.6 Å². The Bertz CT molecular complexity index is 433. The zero-order valence-corrected chi connectivity index (χ0v) is 16.6. The fraction of sp³-hybridized carbons (Fsp3) is 0.706.